The Morgan fingerprint density at radius 1 is 1.55 bits per heavy atom. The molecule has 0 bridgehead atoms. The number of benzene rings is 1. The van der Waals surface area contributed by atoms with Crippen molar-refractivity contribution in [1.29, 1.82) is 0 Å². The summed E-state index contributed by atoms with van der Waals surface area (Å²) in [5.41, 5.74) is 2.87. The van der Waals surface area contributed by atoms with E-state index in [-0.39, 0.29) is 5.69 Å². The molecule has 11 heavy (non-hydrogen) atoms. The molecule has 5 nitrogen and oxygen atoms in total. The average Bonchev–Trinajstić information content (AvgIpc) is 2.05. The number of nitro groups is 1. The quantitative estimate of drug-likeness (QED) is 0.381. The van der Waals surface area contributed by atoms with E-state index < -0.39 is 4.92 Å². The molecule has 5 heteroatoms. The predicted octanol–water partition coefficient (Wildman–Crippen LogP) is 0.880. The second kappa shape index (κ2) is 2.98. The lowest BCUT2D eigenvalue weighted by atomic mass is 11.2. The van der Waals surface area contributed by atoms with Crippen LogP contribution in [0, 0.1) is 10.1 Å². The summed E-state index contributed by atoms with van der Waals surface area (Å²) in [7, 11) is 0. The molecular weight excluding hydrogens is 152 g/mol. The summed E-state index contributed by atoms with van der Waals surface area (Å²) < 4.78 is 0. The highest BCUT2D eigenvalue weighted by Crippen LogP contribution is 2.15. The predicted molar refractivity (Wildman–Crippen MR) is 40.9 cm³/mol. The van der Waals surface area contributed by atoms with E-state index >= 15 is 0 Å². The van der Waals surface area contributed by atoms with Gasteiger partial charge in [-0.05, 0) is 6.07 Å². The zero-order chi connectivity index (χ0) is 8.27. The number of anilines is 1. The van der Waals surface area contributed by atoms with Crippen molar-refractivity contribution in [2.24, 2.45) is 5.84 Å². The van der Waals surface area contributed by atoms with Gasteiger partial charge in [0, 0.05) is 12.1 Å². The minimum absolute atomic E-state index is 0.0282. The second-order valence-corrected chi connectivity index (χ2v) is 1.95. The van der Waals surface area contributed by atoms with E-state index in [0.717, 1.165) is 0 Å². The van der Waals surface area contributed by atoms with Crippen LogP contribution in [0.5, 0.6) is 0 Å². The van der Waals surface area contributed by atoms with Gasteiger partial charge in [0.15, 0.2) is 0 Å². The minimum atomic E-state index is -0.471. The molecular formula is C6H7N3O2. The van der Waals surface area contributed by atoms with Crippen LogP contribution in [0.4, 0.5) is 11.4 Å². The molecule has 0 aliphatic rings. The Morgan fingerprint density at radius 2 is 2.27 bits per heavy atom. The van der Waals surface area contributed by atoms with Crippen molar-refractivity contribution in [2.75, 3.05) is 5.43 Å². The van der Waals surface area contributed by atoms with Crippen LogP contribution in [-0.4, -0.2) is 4.92 Å². The maximum absolute atomic E-state index is 10.2. The van der Waals surface area contributed by atoms with Crippen molar-refractivity contribution in [1.82, 2.24) is 0 Å². The Hall–Kier alpha value is -1.62. The van der Waals surface area contributed by atoms with Crippen LogP contribution in [0.1, 0.15) is 0 Å². The van der Waals surface area contributed by atoms with E-state index in [1.165, 1.54) is 12.1 Å². The molecule has 0 heterocycles. The minimum Gasteiger partial charge on any atom is -0.324 e. The van der Waals surface area contributed by atoms with Crippen molar-refractivity contribution in [3.8, 4) is 0 Å². The normalized spacial score (nSPS) is 9.18. The molecule has 0 radical (unpaired) electrons. The molecule has 1 aromatic carbocycles. The van der Waals surface area contributed by atoms with Crippen LogP contribution in [0.15, 0.2) is 24.3 Å². The third-order valence-electron chi connectivity index (χ3n) is 1.22. The summed E-state index contributed by atoms with van der Waals surface area (Å²) in [5, 5.41) is 10.2. The van der Waals surface area contributed by atoms with Crippen molar-refractivity contribution in [3.05, 3.63) is 34.4 Å². The van der Waals surface area contributed by atoms with Gasteiger partial charge in [-0.25, -0.2) is 0 Å². The first-order valence-corrected chi connectivity index (χ1v) is 2.95. The van der Waals surface area contributed by atoms with Gasteiger partial charge in [0.05, 0.1) is 10.6 Å². The van der Waals surface area contributed by atoms with Crippen molar-refractivity contribution in [2.45, 2.75) is 0 Å². The first-order chi connectivity index (χ1) is 5.24. The van der Waals surface area contributed by atoms with E-state index in [4.69, 9.17) is 5.84 Å². The number of nitrogens with one attached hydrogen (secondary N) is 1. The van der Waals surface area contributed by atoms with Crippen molar-refractivity contribution in [3.63, 3.8) is 0 Å². The number of nitrogen functional groups attached to an aromatic ring is 1. The zero-order valence-corrected chi connectivity index (χ0v) is 5.65. The van der Waals surface area contributed by atoms with Crippen molar-refractivity contribution >= 4 is 11.4 Å². The first kappa shape index (κ1) is 7.49. The molecule has 0 atom stereocenters. The van der Waals surface area contributed by atoms with Crippen LogP contribution in [0.3, 0.4) is 0 Å². The van der Waals surface area contributed by atoms with E-state index in [0.29, 0.717) is 5.69 Å². The Balaban J connectivity index is 3.01. The number of non-ortho nitro benzene ring substituents is 1. The number of nitrogens with zero attached hydrogens (tertiary/aromatic N) is 1. The smallest absolute Gasteiger partial charge is 0.271 e. The summed E-state index contributed by atoms with van der Waals surface area (Å²) in [6, 6.07) is 5.97. The Kier molecular flexibility index (Phi) is 2.03. The van der Waals surface area contributed by atoms with Crippen LogP contribution < -0.4 is 11.3 Å². The molecule has 0 saturated carbocycles. The lowest BCUT2D eigenvalue weighted by molar-refractivity contribution is -0.384. The van der Waals surface area contributed by atoms with Crippen LogP contribution in [0.2, 0.25) is 0 Å². The highest BCUT2D eigenvalue weighted by Gasteiger charge is 2.03. The lowest BCUT2D eigenvalue weighted by Crippen LogP contribution is -2.06. The fourth-order valence-corrected chi connectivity index (χ4v) is 0.709. The monoisotopic (exact) mass is 159 g/mol. The molecule has 1 rings (SSSR count). The number of nitrogens with two attached hydrogens (primary N) is 1. The second-order valence-electron chi connectivity index (χ2n) is 1.95. The molecule has 0 fully saturated rings. The molecule has 0 amide bonds. The Labute approximate surface area is 62.9 Å². The summed E-state index contributed by atoms with van der Waals surface area (Å²) >= 11 is 0. The SMILES string of the molecule is NN[13c]1[13cH][13cH][13cH][13c]([N+](=O)[O-])[13cH]1. The van der Waals surface area contributed by atoms with Gasteiger partial charge in [0.25, 0.3) is 5.69 Å². The maximum atomic E-state index is 10.2. The lowest BCUT2D eigenvalue weighted by Gasteiger charge is -1.96. The standard InChI is InChI=1S/C6H7N3O2/c7-8-5-2-1-3-6(4-5)9(10)11/h1-4,8H,7H2/i1+1,2+1,3+1,4+1,5+1,6+1. The van der Waals surface area contributed by atoms with Crippen LogP contribution >= 0.6 is 0 Å². The Morgan fingerprint density at radius 3 is 2.82 bits per heavy atom. The summed E-state index contributed by atoms with van der Waals surface area (Å²) in [6.45, 7) is 0. The summed E-state index contributed by atoms with van der Waals surface area (Å²) in [5.74, 6) is 5.05. The molecule has 0 unspecified atom stereocenters. The largest absolute Gasteiger partial charge is 0.324 e. The van der Waals surface area contributed by atoms with E-state index in [9.17, 15) is 10.1 Å². The number of hydrogen-bond donors (Lipinski definition) is 2. The van der Waals surface area contributed by atoms with E-state index in [1.54, 1.807) is 12.1 Å². The third kappa shape index (κ3) is 1.65. The molecule has 0 aliphatic carbocycles. The third-order valence-corrected chi connectivity index (χ3v) is 1.22. The highest BCUT2D eigenvalue weighted by molar-refractivity contribution is 5.49. The maximum Gasteiger partial charge on any atom is 0.271 e. The molecule has 0 saturated heterocycles. The van der Waals surface area contributed by atoms with Gasteiger partial charge in [-0.2, -0.15) is 0 Å². The van der Waals surface area contributed by atoms with E-state index in [1.807, 2.05) is 0 Å². The molecule has 1 aromatic rings. The van der Waals surface area contributed by atoms with Gasteiger partial charge in [0.1, 0.15) is 0 Å². The van der Waals surface area contributed by atoms with Gasteiger partial charge in [0.2, 0.25) is 0 Å². The summed E-state index contributed by atoms with van der Waals surface area (Å²) in [6.07, 6.45) is 0. The van der Waals surface area contributed by atoms with Gasteiger partial charge < -0.3 is 5.43 Å². The number of nitro benzene ring substituents is 1. The summed E-state index contributed by atoms with van der Waals surface area (Å²) in [4.78, 5) is 9.73. The Bertz CT molecular complexity index is 274. The van der Waals surface area contributed by atoms with E-state index in [2.05, 4.69) is 5.43 Å². The zero-order valence-electron chi connectivity index (χ0n) is 5.65. The van der Waals surface area contributed by atoms with Gasteiger partial charge in [-0.1, -0.05) is 6.07 Å². The van der Waals surface area contributed by atoms with Crippen LogP contribution in [0.25, 0.3) is 0 Å². The average molecular weight is 159 g/mol. The molecule has 3 N–H and O–H groups in total. The van der Waals surface area contributed by atoms with Gasteiger partial charge >= 0.3 is 0 Å². The fourth-order valence-electron chi connectivity index (χ4n) is 0.709. The highest BCUT2D eigenvalue weighted by atomic mass is 16.6. The molecule has 0 aliphatic heterocycles. The number of rotatable bonds is 2. The number of hydrazine groups is 1. The first-order valence-electron chi connectivity index (χ1n) is 2.95. The van der Waals surface area contributed by atoms with Crippen LogP contribution in [-0.2, 0) is 0 Å². The molecule has 0 spiro atoms. The fraction of sp³-hybridized carbons (Fsp3) is 0. The van der Waals surface area contributed by atoms with Gasteiger partial charge in [-0.15, -0.1) is 0 Å². The molecule has 58 valence electrons. The van der Waals surface area contributed by atoms with Gasteiger partial charge in [-0.3, -0.25) is 16.0 Å². The molecule has 0 aromatic heterocycles. The topological polar surface area (TPSA) is 81.2 Å². The number of hydrogen-bond acceptors (Lipinski definition) is 4. The van der Waals surface area contributed by atoms with Crippen molar-refractivity contribution < 1.29 is 4.92 Å².